The molecular formula is C22H27F3N4O. The van der Waals surface area contributed by atoms with Gasteiger partial charge in [-0.1, -0.05) is 25.1 Å². The number of H-pyrrole nitrogens is 1. The van der Waals surface area contributed by atoms with Gasteiger partial charge in [-0.15, -0.1) is 0 Å². The molecule has 1 N–H and O–H groups in total. The Kier molecular flexibility index (Phi) is 5.86. The topological polar surface area (TPSA) is 52.2 Å². The maximum atomic E-state index is 13.4. The molecule has 0 radical (unpaired) electrons. The molecule has 8 heteroatoms. The number of carbonyl (C=O) groups excluding carboxylic acids is 1. The summed E-state index contributed by atoms with van der Waals surface area (Å²) in [5.41, 5.74) is 2.25. The molecule has 162 valence electrons. The van der Waals surface area contributed by atoms with Gasteiger partial charge < -0.3 is 4.90 Å². The maximum absolute atomic E-state index is 13.4. The van der Waals surface area contributed by atoms with Crippen molar-refractivity contribution in [2.24, 2.45) is 0 Å². The molecule has 1 fully saturated rings. The quantitative estimate of drug-likeness (QED) is 0.809. The first-order valence-corrected chi connectivity index (χ1v) is 10.6. The van der Waals surface area contributed by atoms with Crippen LogP contribution < -0.4 is 0 Å². The molecule has 0 unspecified atom stereocenters. The van der Waals surface area contributed by atoms with Gasteiger partial charge in [0.05, 0.1) is 5.56 Å². The molecule has 2 aliphatic heterocycles. The molecule has 1 saturated heterocycles. The van der Waals surface area contributed by atoms with E-state index in [1.807, 2.05) is 0 Å². The minimum atomic E-state index is -4.36. The van der Waals surface area contributed by atoms with E-state index in [4.69, 9.17) is 0 Å². The van der Waals surface area contributed by atoms with Crippen LogP contribution in [0.1, 0.15) is 65.0 Å². The van der Waals surface area contributed by atoms with Crippen molar-refractivity contribution >= 4 is 5.91 Å². The van der Waals surface area contributed by atoms with Crippen LogP contribution in [0.3, 0.4) is 0 Å². The Bertz CT molecular complexity index is 900. The Morgan fingerprint density at radius 3 is 2.63 bits per heavy atom. The summed E-state index contributed by atoms with van der Waals surface area (Å²) in [7, 11) is 0. The molecule has 2 aromatic rings. The average molecular weight is 420 g/mol. The SMILES string of the molecule is CCN1CCCc2[nH]nc(C(=O)N3CCC(c4ccccc4C(F)(F)F)CC3)c2C1. The number of fused-ring (bicyclic) bond motifs is 1. The summed E-state index contributed by atoms with van der Waals surface area (Å²) in [5, 5.41) is 7.36. The Balaban J connectivity index is 1.47. The van der Waals surface area contributed by atoms with Crippen molar-refractivity contribution in [3.63, 3.8) is 0 Å². The summed E-state index contributed by atoms with van der Waals surface area (Å²) >= 11 is 0. The van der Waals surface area contributed by atoms with Crippen LogP contribution in [0, 0.1) is 0 Å². The second kappa shape index (κ2) is 8.41. The van der Waals surface area contributed by atoms with Gasteiger partial charge in [-0.25, -0.2) is 0 Å². The molecule has 5 nitrogen and oxygen atoms in total. The van der Waals surface area contributed by atoms with E-state index in [1.54, 1.807) is 17.0 Å². The lowest BCUT2D eigenvalue weighted by atomic mass is 9.86. The summed E-state index contributed by atoms with van der Waals surface area (Å²) in [4.78, 5) is 17.2. The molecule has 4 rings (SSSR count). The van der Waals surface area contributed by atoms with E-state index in [9.17, 15) is 18.0 Å². The number of hydrogen-bond acceptors (Lipinski definition) is 3. The first-order chi connectivity index (χ1) is 14.4. The van der Waals surface area contributed by atoms with Crippen LogP contribution in [0.4, 0.5) is 13.2 Å². The fourth-order valence-electron chi connectivity index (χ4n) is 4.66. The summed E-state index contributed by atoms with van der Waals surface area (Å²) in [6.07, 6.45) is -1.41. The van der Waals surface area contributed by atoms with Gasteiger partial charge in [0.2, 0.25) is 0 Å². The molecule has 0 spiro atoms. The number of benzene rings is 1. The summed E-state index contributed by atoms with van der Waals surface area (Å²) < 4.78 is 40.1. The molecule has 2 aliphatic rings. The number of nitrogens with zero attached hydrogens (tertiary/aromatic N) is 3. The predicted molar refractivity (Wildman–Crippen MR) is 107 cm³/mol. The van der Waals surface area contributed by atoms with Crippen LogP contribution in [0.2, 0.25) is 0 Å². The normalized spacial score (nSPS) is 18.9. The van der Waals surface area contributed by atoms with E-state index < -0.39 is 11.7 Å². The highest BCUT2D eigenvalue weighted by molar-refractivity contribution is 5.94. The maximum Gasteiger partial charge on any atom is 0.416 e. The molecule has 1 amide bonds. The van der Waals surface area contributed by atoms with Crippen molar-refractivity contribution in [1.29, 1.82) is 0 Å². The van der Waals surface area contributed by atoms with Gasteiger partial charge in [-0.05, 0) is 56.3 Å². The second-order valence-electron chi connectivity index (χ2n) is 8.15. The van der Waals surface area contributed by atoms with Crippen molar-refractivity contribution in [3.8, 4) is 0 Å². The number of carbonyl (C=O) groups is 1. The first-order valence-electron chi connectivity index (χ1n) is 10.6. The number of hydrogen-bond donors (Lipinski definition) is 1. The number of aryl methyl sites for hydroxylation is 1. The smallest absolute Gasteiger partial charge is 0.337 e. The number of alkyl halides is 3. The summed E-state index contributed by atoms with van der Waals surface area (Å²) in [5.74, 6) is -0.313. The van der Waals surface area contributed by atoms with E-state index in [0.29, 0.717) is 43.7 Å². The summed E-state index contributed by atoms with van der Waals surface area (Å²) in [6.45, 7) is 5.61. The molecule has 1 aromatic carbocycles. The van der Waals surface area contributed by atoms with Crippen molar-refractivity contribution in [2.45, 2.75) is 51.2 Å². The third kappa shape index (κ3) is 4.10. The van der Waals surface area contributed by atoms with Crippen LogP contribution in [0.15, 0.2) is 24.3 Å². The van der Waals surface area contributed by atoms with E-state index in [1.165, 1.54) is 6.07 Å². The number of nitrogens with one attached hydrogen (secondary N) is 1. The number of amides is 1. The molecule has 0 aliphatic carbocycles. The highest BCUT2D eigenvalue weighted by Gasteiger charge is 2.36. The van der Waals surface area contributed by atoms with E-state index in [2.05, 4.69) is 22.0 Å². The molecule has 0 atom stereocenters. The van der Waals surface area contributed by atoms with Gasteiger partial charge in [0.15, 0.2) is 5.69 Å². The van der Waals surface area contributed by atoms with Gasteiger partial charge in [0.1, 0.15) is 0 Å². The molecule has 0 bridgehead atoms. The van der Waals surface area contributed by atoms with Crippen LogP contribution in [-0.2, 0) is 19.1 Å². The van der Waals surface area contributed by atoms with Crippen molar-refractivity contribution in [1.82, 2.24) is 20.0 Å². The zero-order valence-corrected chi connectivity index (χ0v) is 17.1. The monoisotopic (exact) mass is 420 g/mol. The van der Waals surface area contributed by atoms with E-state index >= 15 is 0 Å². The van der Waals surface area contributed by atoms with Crippen LogP contribution >= 0.6 is 0 Å². The highest BCUT2D eigenvalue weighted by atomic mass is 19.4. The Labute approximate surface area is 174 Å². The molecule has 0 saturated carbocycles. The zero-order chi connectivity index (χ0) is 21.3. The van der Waals surface area contributed by atoms with Crippen LogP contribution in [-0.4, -0.2) is 52.1 Å². The van der Waals surface area contributed by atoms with Gasteiger partial charge >= 0.3 is 6.18 Å². The minimum Gasteiger partial charge on any atom is -0.337 e. The molecule has 30 heavy (non-hydrogen) atoms. The number of rotatable bonds is 3. The van der Waals surface area contributed by atoms with Crippen molar-refractivity contribution in [2.75, 3.05) is 26.2 Å². The fourth-order valence-corrected chi connectivity index (χ4v) is 4.66. The average Bonchev–Trinajstić information content (AvgIpc) is 3.02. The van der Waals surface area contributed by atoms with Crippen LogP contribution in [0.25, 0.3) is 0 Å². The van der Waals surface area contributed by atoms with Gasteiger partial charge in [-0.2, -0.15) is 18.3 Å². The van der Waals surface area contributed by atoms with Gasteiger partial charge in [0, 0.05) is 30.9 Å². The largest absolute Gasteiger partial charge is 0.416 e. The number of aromatic amines is 1. The first kappa shape index (κ1) is 20.9. The standard InChI is InChI=1S/C22H27F3N4O/c1-2-28-11-5-8-19-17(14-28)20(27-26-19)21(30)29-12-9-15(10-13-29)16-6-3-4-7-18(16)22(23,24)25/h3-4,6-7,15H,2,5,8-14H2,1H3,(H,26,27). The lowest BCUT2D eigenvalue weighted by Gasteiger charge is -2.33. The van der Waals surface area contributed by atoms with Crippen LogP contribution in [0.5, 0.6) is 0 Å². The third-order valence-corrected chi connectivity index (χ3v) is 6.37. The summed E-state index contributed by atoms with van der Waals surface area (Å²) in [6, 6.07) is 5.79. The lowest BCUT2D eigenvalue weighted by Crippen LogP contribution is -2.39. The van der Waals surface area contributed by atoms with Crippen molar-refractivity contribution < 1.29 is 18.0 Å². The number of halogens is 3. The third-order valence-electron chi connectivity index (χ3n) is 6.37. The number of likely N-dealkylation sites (tertiary alicyclic amines) is 1. The molecule has 3 heterocycles. The van der Waals surface area contributed by atoms with Crippen molar-refractivity contribution in [3.05, 3.63) is 52.3 Å². The Morgan fingerprint density at radius 1 is 1.20 bits per heavy atom. The second-order valence-corrected chi connectivity index (χ2v) is 8.15. The van der Waals surface area contributed by atoms with Gasteiger partial charge in [-0.3, -0.25) is 14.8 Å². The van der Waals surface area contributed by atoms with E-state index in [0.717, 1.165) is 43.3 Å². The highest BCUT2D eigenvalue weighted by Crippen LogP contribution is 2.38. The zero-order valence-electron chi connectivity index (χ0n) is 17.1. The molecule has 1 aromatic heterocycles. The van der Waals surface area contributed by atoms with Gasteiger partial charge in [0.25, 0.3) is 5.91 Å². The lowest BCUT2D eigenvalue weighted by molar-refractivity contribution is -0.138. The minimum absolute atomic E-state index is 0.118. The molecular weight excluding hydrogens is 393 g/mol. The predicted octanol–water partition coefficient (Wildman–Crippen LogP) is 4.22. The Hall–Kier alpha value is -2.35. The fraction of sp³-hybridized carbons (Fsp3) is 0.545. The number of aromatic nitrogens is 2. The van der Waals surface area contributed by atoms with E-state index in [-0.39, 0.29) is 11.8 Å². The number of piperidine rings is 1. The Morgan fingerprint density at radius 2 is 1.93 bits per heavy atom.